The Kier molecular flexibility index (Phi) is 8.00. The normalized spacial score (nSPS) is 12.1. The third-order valence-corrected chi connectivity index (χ3v) is 7.78. The molecule has 0 bridgehead atoms. The SMILES string of the molecule is C/C(=N/N(c1ccccc1)c1ccc(/C=C/c2ccccc2)cc1)c1ccc2c(c1)c1ccccc1n2CCC(C)C. The first-order chi connectivity index (χ1) is 20.6. The van der Waals surface area contributed by atoms with Crippen LogP contribution in [0.3, 0.4) is 0 Å². The Morgan fingerprint density at radius 3 is 1.98 bits per heavy atom. The molecule has 0 radical (unpaired) electrons. The fourth-order valence-corrected chi connectivity index (χ4v) is 5.43. The molecule has 1 aromatic heterocycles. The lowest BCUT2D eigenvalue weighted by atomic mass is 10.1. The molecule has 3 heteroatoms. The van der Waals surface area contributed by atoms with E-state index in [1.165, 1.54) is 27.4 Å². The smallest absolute Gasteiger partial charge is 0.0655 e. The zero-order valence-corrected chi connectivity index (χ0v) is 24.6. The molecule has 6 rings (SSSR count). The van der Waals surface area contributed by atoms with Crippen LogP contribution in [0.1, 0.15) is 43.9 Å². The van der Waals surface area contributed by atoms with E-state index >= 15 is 0 Å². The molecule has 0 aliphatic carbocycles. The van der Waals surface area contributed by atoms with Gasteiger partial charge in [0.1, 0.15) is 0 Å². The number of hydrazone groups is 1. The molecule has 3 nitrogen and oxygen atoms in total. The molecule has 6 aromatic rings. The Labute approximate surface area is 249 Å². The van der Waals surface area contributed by atoms with Crippen molar-refractivity contribution in [3.05, 3.63) is 144 Å². The summed E-state index contributed by atoms with van der Waals surface area (Å²) in [5.74, 6) is 0.660. The summed E-state index contributed by atoms with van der Waals surface area (Å²) in [5.41, 5.74) is 9.05. The van der Waals surface area contributed by atoms with Crippen LogP contribution >= 0.6 is 0 Å². The number of para-hydroxylation sites is 2. The van der Waals surface area contributed by atoms with Crippen LogP contribution in [-0.4, -0.2) is 10.3 Å². The number of hydrogen-bond acceptors (Lipinski definition) is 2. The number of rotatable bonds is 9. The lowest BCUT2D eigenvalue weighted by molar-refractivity contribution is 0.531. The van der Waals surface area contributed by atoms with Gasteiger partial charge in [0.15, 0.2) is 0 Å². The number of aromatic nitrogens is 1. The molecule has 0 saturated heterocycles. The second-order valence-corrected chi connectivity index (χ2v) is 11.3. The Bertz CT molecular complexity index is 1840. The van der Waals surface area contributed by atoms with Crippen molar-refractivity contribution in [3.63, 3.8) is 0 Å². The van der Waals surface area contributed by atoms with Crippen molar-refractivity contribution in [2.45, 2.75) is 33.7 Å². The van der Waals surface area contributed by atoms with Gasteiger partial charge in [-0.2, -0.15) is 5.10 Å². The number of fused-ring (bicyclic) bond motifs is 3. The van der Waals surface area contributed by atoms with Crippen molar-refractivity contribution >= 4 is 51.0 Å². The Morgan fingerprint density at radius 2 is 1.26 bits per heavy atom. The van der Waals surface area contributed by atoms with E-state index < -0.39 is 0 Å². The second-order valence-electron chi connectivity index (χ2n) is 11.3. The average molecular weight is 548 g/mol. The van der Waals surface area contributed by atoms with E-state index in [0.717, 1.165) is 41.2 Å². The van der Waals surface area contributed by atoms with Crippen molar-refractivity contribution in [1.29, 1.82) is 0 Å². The molecule has 0 atom stereocenters. The summed E-state index contributed by atoms with van der Waals surface area (Å²) in [6.45, 7) is 7.71. The van der Waals surface area contributed by atoms with Gasteiger partial charge in [0, 0.05) is 28.4 Å². The fraction of sp³-hybridized carbons (Fsp3) is 0.154. The van der Waals surface area contributed by atoms with Gasteiger partial charge < -0.3 is 4.57 Å². The number of benzene rings is 5. The van der Waals surface area contributed by atoms with Gasteiger partial charge in [0.2, 0.25) is 0 Å². The number of aryl methyl sites for hydroxylation is 1. The van der Waals surface area contributed by atoms with Crippen molar-refractivity contribution in [2.24, 2.45) is 11.0 Å². The Morgan fingerprint density at radius 1 is 0.667 bits per heavy atom. The van der Waals surface area contributed by atoms with Crippen molar-refractivity contribution in [3.8, 4) is 0 Å². The zero-order chi connectivity index (χ0) is 28.9. The predicted molar refractivity (Wildman–Crippen MR) is 182 cm³/mol. The molecular formula is C39H37N3. The lowest BCUT2D eigenvalue weighted by Gasteiger charge is -2.21. The van der Waals surface area contributed by atoms with Gasteiger partial charge in [0.05, 0.1) is 17.1 Å². The first-order valence-corrected chi connectivity index (χ1v) is 14.8. The van der Waals surface area contributed by atoms with E-state index in [9.17, 15) is 0 Å². The summed E-state index contributed by atoms with van der Waals surface area (Å²) in [5, 5.41) is 9.80. The van der Waals surface area contributed by atoms with Crippen LogP contribution in [-0.2, 0) is 6.54 Å². The number of hydrogen-bond donors (Lipinski definition) is 0. The summed E-state index contributed by atoms with van der Waals surface area (Å²) in [4.78, 5) is 0. The van der Waals surface area contributed by atoms with Gasteiger partial charge in [-0.25, -0.2) is 5.01 Å². The van der Waals surface area contributed by atoms with Crippen LogP contribution < -0.4 is 5.01 Å². The highest BCUT2D eigenvalue weighted by molar-refractivity contribution is 6.11. The average Bonchev–Trinajstić information content (AvgIpc) is 3.35. The minimum Gasteiger partial charge on any atom is -0.340 e. The minimum atomic E-state index is 0.660. The largest absolute Gasteiger partial charge is 0.340 e. The number of anilines is 2. The van der Waals surface area contributed by atoms with Crippen molar-refractivity contribution < 1.29 is 0 Å². The highest BCUT2D eigenvalue weighted by Crippen LogP contribution is 2.32. The van der Waals surface area contributed by atoms with Gasteiger partial charge in [-0.3, -0.25) is 0 Å². The van der Waals surface area contributed by atoms with E-state index in [1.54, 1.807) is 0 Å². The quantitative estimate of drug-likeness (QED) is 0.100. The van der Waals surface area contributed by atoms with Gasteiger partial charge in [-0.1, -0.05) is 111 Å². The summed E-state index contributed by atoms with van der Waals surface area (Å²) in [6.07, 6.45) is 5.44. The maximum absolute atomic E-state index is 5.19. The van der Waals surface area contributed by atoms with Gasteiger partial charge in [-0.15, -0.1) is 0 Å². The Hall–Kier alpha value is -4.89. The summed E-state index contributed by atoms with van der Waals surface area (Å²) in [6, 6.07) is 44.9. The molecular weight excluding hydrogens is 510 g/mol. The topological polar surface area (TPSA) is 20.5 Å². The van der Waals surface area contributed by atoms with E-state index in [-0.39, 0.29) is 0 Å². The summed E-state index contributed by atoms with van der Waals surface area (Å²) < 4.78 is 2.48. The van der Waals surface area contributed by atoms with Crippen LogP contribution in [0.2, 0.25) is 0 Å². The third-order valence-electron chi connectivity index (χ3n) is 7.78. The highest BCUT2D eigenvalue weighted by atomic mass is 15.5. The molecule has 0 saturated carbocycles. The predicted octanol–water partition coefficient (Wildman–Crippen LogP) is 10.6. The van der Waals surface area contributed by atoms with Crippen molar-refractivity contribution in [2.75, 3.05) is 5.01 Å². The second kappa shape index (κ2) is 12.3. The molecule has 0 aliphatic rings. The van der Waals surface area contributed by atoms with Crippen LogP contribution in [0, 0.1) is 5.92 Å². The van der Waals surface area contributed by atoms with Crippen molar-refractivity contribution in [1.82, 2.24) is 4.57 Å². The zero-order valence-electron chi connectivity index (χ0n) is 24.6. The molecule has 0 N–H and O–H groups in total. The van der Waals surface area contributed by atoms with Crippen LogP contribution in [0.5, 0.6) is 0 Å². The maximum Gasteiger partial charge on any atom is 0.0655 e. The monoisotopic (exact) mass is 547 g/mol. The Balaban J connectivity index is 1.35. The van der Waals surface area contributed by atoms with Crippen LogP contribution in [0.15, 0.2) is 132 Å². The van der Waals surface area contributed by atoms with Crippen LogP contribution in [0.25, 0.3) is 34.0 Å². The maximum atomic E-state index is 5.19. The molecule has 42 heavy (non-hydrogen) atoms. The van der Waals surface area contributed by atoms with E-state index in [4.69, 9.17) is 5.10 Å². The molecule has 0 aliphatic heterocycles. The first-order valence-electron chi connectivity index (χ1n) is 14.8. The van der Waals surface area contributed by atoms with E-state index in [0.29, 0.717) is 5.92 Å². The van der Waals surface area contributed by atoms with E-state index in [2.05, 4.69) is 153 Å². The summed E-state index contributed by atoms with van der Waals surface area (Å²) in [7, 11) is 0. The number of nitrogens with zero attached hydrogens (tertiary/aromatic N) is 3. The van der Waals surface area contributed by atoms with Crippen LogP contribution in [0.4, 0.5) is 11.4 Å². The molecule has 208 valence electrons. The van der Waals surface area contributed by atoms with Gasteiger partial charge in [0.25, 0.3) is 0 Å². The van der Waals surface area contributed by atoms with Gasteiger partial charge >= 0.3 is 0 Å². The molecule has 0 unspecified atom stereocenters. The molecule has 0 fully saturated rings. The fourth-order valence-electron chi connectivity index (χ4n) is 5.43. The van der Waals surface area contributed by atoms with Gasteiger partial charge in [-0.05, 0) is 78.4 Å². The molecule has 5 aromatic carbocycles. The first kappa shape index (κ1) is 27.3. The third kappa shape index (κ3) is 5.91. The molecule has 0 amide bonds. The lowest BCUT2D eigenvalue weighted by Crippen LogP contribution is -2.12. The molecule has 1 heterocycles. The summed E-state index contributed by atoms with van der Waals surface area (Å²) >= 11 is 0. The standard InChI is InChI=1S/C39H37N3/c1-29(2)26-27-41-38-17-11-10-16-36(38)37-28-33(22-25-39(37)41)30(3)40-42(34-14-8-5-9-15-34)35-23-20-32(21-24-35)19-18-31-12-6-4-7-13-31/h4-25,28-29H,26-27H2,1-3H3/b19-18+,40-30-. The molecule has 0 spiro atoms. The highest BCUT2D eigenvalue weighted by Gasteiger charge is 2.14. The minimum absolute atomic E-state index is 0.660. The van der Waals surface area contributed by atoms with E-state index in [1.807, 2.05) is 17.1 Å².